The van der Waals surface area contributed by atoms with Gasteiger partial charge in [-0.3, -0.25) is 9.59 Å². The van der Waals surface area contributed by atoms with E-state index in [1.54, 1.807) is 31.2 Å². The summed E-state index contributed by atoms with van der Waals surface area (Å²) in [6.45, 7) is 1.57. The van der Waals surface area contributed by atoms with E-state index in [9.17, 15) is 14.7 Å². The molecule has 1 aliphatic rings. The Labute approximate surface area is 136 Å². The third kappa shape index (κ3) is 3.34. The Kier molecular flexibility index (Phi) is 4.28. The molecule has 0 bridgehead atoms. The molecular weight excluding hydrogens is 288 g/mol. The maximum atomic E-state index is 12.4. The lowest BCUT2D eigenvalue weighted by atomic mass is 9.80. The molecule has 3 rings (SSSR count). The van der Waals surface area contributed by atoms with Gasteiger partial charge in [0, 0.05) is 12.0 Å². The first-order valence-corrected chi connectivity index (χ1v) is 7.98. The van der Waals surface area contributed by atoms with Crippen LogP contribution in [0.1, 0.15) is 51.6 Å². The molecule has 1 atom stereocenters. The highest BCUT2D eigenvalue weighted by molar-refractivity contribution is 5.98. The van der Waals surface area contributed by atoms with Crippen LogP contribution in [0.15, 0.2) is 42.5 Å². The van der Waals surface area contributed by atoms with Gasteiger partial charge in [-0.15, -0.1) is 0 Å². The molecule has 0 heterocycles. The van der Waals surface area contributed by atoms with Crippen LogP contribution in [-0.2, 0) is 12.8 Å². The van der Waals surface area contributed by atoms with E-state index in [4.69, 9.17) is 0 Å². The Morgan fingerprint density at radius 2 is 1.91 bits per heavy atom. The van der Waals surface area contributed by atoms with Crippen molar-refractivity contribution in [3.63, 3.8) is 0 Å². The second kappa shape index (κ2) is 6.37. The maximum absolute atomic E-state index is 12.4. The van der Waals surface area contributed by atoms with Crippen molar-refractivity contribution >= 4 is 11.6 Å². The molecule has 0 aromatic heterocycles. The Hall–Kier alpha value is -2.42. The average Bonchev–Trinajstić information content (AvgIpc) is 2.54. The van der Waals surface area contributed by atoms with Crippen LogP contribution < -0.4 is 0 Å². The Bertz CT molecular complexity index is 761. The molecule has 1 aliphatic carbocycles. The number of aromatic hydroxyl groups is 1. The number of benzene rings is 2. The fourth-order valence-corrected chi connectivity index (χ4v) is 3.31. The van der Waals surface area contributed by atoms with E-state index in [-0.39, 0.29) is 23.2 Å². The van der Waals surface area contributed by atoms with Crippen LogP contribution in [-0.4, -0.2) is 16.7 Å². The summed E-state index contributed by atoms with van der Waals surface area (Å²) in [7, 11) is 0. The van der Waals surface area contributed by atoms with E-state index in [1.165, 1.54) is 11.1 Å². The fraction of sp³-hybridized carbons (Fsp3) is 0.300. The van der Waals surface area contributed by atoms with Gasteiger partial charge in [0.2, 0.25) is 0 Å². The molecule has 3 nitrogen and oxygen atoms in total. The lowest BCUT2D eigenvalue weighted by Gasteiger charge is -2.24. The molecule has 1 unspecified atom stereocenters. The number of fused-ring (bicyclic) bond motifs is 1. The highest BCUT2D eigenvalue weighted by atomic mass is 16.3. The molecule has 1 N–H and O–H groups in total. The van der Waals surface area contributed by atoms with Crippen molar-refractivity contribution in [3.05, 3.63) is 64.7 Å². The van der Waals surface area contributed by atoms with E-state index in [2.05, 4.69) is 0 Å². The minimum atomic E-state index is -0.0146. The highest BCUT2D eigenvalue weighted by Crippen LogP contribution is 2.30. The van der Waals surface area contributed by atoms with Gasteiger partial charge in [-0.25, -0.2) is 0 Å². The molecule has 2 aromatic rings. The van der Waals surface area contributed by atoms with Crippen LogP contribution >= 0.6 is 0 Å². The van der Waals surface area contributed by atoms with Gasteiger partial charge in [-0.05, 0) is 61.4 Å². The number of phenolic OH excluding ortho intramolecular Hbond substituents is 1. The highest BCUT2D eigenvalue weighted by Gasteiger charge is 2.23. The number of carbonyl (C=O) groups is 2. The number of hydrogen-bond donors (Lipinski definition) is 1. The topological polar surface area (TPSA) is 54.4 Å². The van der Waals surface area contributed by atoms with Crippen molar-refractivity contribution in [1.29, 1.82) is 0 Å². The Balaban J connectivity index is 1.74. The number of Topliss-reactive ketones (excluding diaryl/α,β-unsaturated/α-hetero) is 2. The number of rotatable bonds is 4. The molecule has 3 heteroatoms. The monoisotopic (exact) mass is 308 g/mol. The van der Waals surface area contributed by atoms with Gasteiger partial charge < -0.3 is 5.11 Å². The van der Waals surface area contributed by atoms with Crippen molar-refractivity contribution in [2.75, 3.05) is 0 Å². The number of phenols is 1. The third-order valence-corrected chi connectivity index (χ3v) is 4.62. The van der Waals surface area contributed by atoms with Gasteiger partial charge in [0.25, 0.3) is 0 Å². The minimum absolute atomic E-state index is 0.0146. The van der Waals surface area contributed by atoms with E-state index < -0.39 is 0 Å². The molecule has 0 aliphatic heterocycles. The van der Waals surface area contributed by atoms with Crippen LogP contribution in [0, 0.1) is 5.92 Å². The van der Waals surface area contributed by atoms with Gasteiger partial charge in [0.15, 0.2) is 11.6 Å². The smallest absolute Gasteiger partial charge is 0.166 e. The normalized spacial score (nSPS) is 16.7. The van der Waals surface area contributed by atoms with E-state index in [1.807, 2.05) is 18.2 Å². The second-order valence-electron chi connectivity index (χ2n) is 6.29. The van der Waals surface area contributed by atoms with Gasteiger partial charge in [-0.1, -0.05) is 24.3 Å². The summed E-state index contributed by atoms with van der Waals surface area (Å²) in [6, 6.07) is 12.6. The summed E-state index contributed by atoms with van der Waals surface area (Å²) in [5.74, 6) is 0.365. The molecule has 23 heavy (non-hydrogen) atoms. The number of para-hydroxylation sites is 1. The zero-order chi connectivity index (χ0) is 16.4. The van der Waals surface area contributed by atoms with Crippen molar-refractivity contribution < 1.29 is 14.7 Å². The van der Waals surface area contributed by atoms with Crippen LogP contribution in [0.4, 0.5) is 0 Å². The predicted molar refractivity (Wildman–Crippen MR) is 89.0 cm³/mol. The standard InChI is InChI=1S/C20H20O3/c1-13(21)16-9-8-15-7-6-14(10-17(15)12-16)11-20(23)18-4-2-3-5-19(18)22/h2-5,8-9,12,14,22H,6-7,10-11H2,1H3. The molecule has 0 amide bonds. The summed E-state index contributed by atoms with van der Waals surface area (Å²) in [4.78, 5) is 23.9. The SMILES string of the molecule is CC(=O)c1ccc2c(c1)CC(CC(=O)c1ccccc1O)CC2. The van der Waals surface area contributed by atoms with Crippen molar-refractivity contribution in [2.24, 2.45) is 5.92 Å². The summed E-state index contributed by atoms with van der Waals surface area (Å²) in [5.41, 5.74) is 3.59. The molecule has 0 fully saturated rings. The molecule has 0 saturated heterocycles. The number of hydrogen-bond acceptors (Lipinski definition) is 3. The second-order valence-corrected chi connectivity index (χ2v) is 6.29. The number of ketones is 2. The summed E-state index contributed by atoms with van der Waals surface area (Å²) >= 11 is 0. The Morgan fingerprint density at radius 1 is 1.13 bits per heavy atom. The van der Waals surface area contributed by atoms with Gasteiger partial charge in [-0.2, -0.15) is 0 Å². The third-order valence-electron chi connectivity index (χ3n) is 4.62. The summed E-state index contributed by atoms with van der Waals surface area (Å²) in [5, 5.41) is 9.81. The largest absolute Gasteiger partial charge is 0.507 e. The lowest BCUT2D eigenvalue weighted by Crippen LogP contribution is -2.18. The van der Waals surface area contributed by atoms with Gasteiger partial charge >= 0.3 is 0 Å². The summed E-state index contributed by atoms with van der Waals surface area (Å²) < 4.78 is 0. The zero-order valence-corrected chi connectivity index (χ0v) is 13.2. The molecule has 0 spiro atoms. The van der Waals surface area contributed by atoms with Crippen LogP contribution in [0.25, 0.3) is 0 Å². The van der Waals surface area contributed by atoms with Gasteiger partial charge in [0.1, 0.15) is 5.75 Å². The predicted octanol–water partition coefficient (Wildman–Crippen LogP) is 3.97. The lowest BCUT2D eigenvalue weighted by molar-refractivity contribution is 0.0953. The maximum Gasteiger partial charge on any atom is 0.166 e. The number of carbonyl (C=O) groups excluding carboxylic acids is 2. The molecule has 2 aromatic carbocycles. The minimum Gasteiger partial charge on any atom is -0.507 e. The zero-order valence-electron chi connectivity index (χ0n) is 13.2. The molecule has 118 valence electrons. The van der Waals surface area contributed by atoms with Crippen LogP contribution in [0.2, 0.25) is 0 Å². The average molecular weight is 308 g/mol. The van der Waals surface area contributed by atoms with E-state index in [0.29, 0.717) is 12.0 Å². The first-order valence-electron chi connectivity index (χ1n) is 7.98. The van der Waals surface area contributed by atoms with Crippen LogP contribution in [0.3, 0.4) is 0 Å². The van der Waals surface area contributed by atoms with Crippen LogP contribution in [0.5, 0.6) is 5.75 Å². The summed E-state index contributed by atoms with van der Waals surface area (Å²) in [6.07, 6.45) is 3.15. The van der Waals surface area contributed by atoms with E-state index in [0.717, 1.165) is 24.8 Å². The van der Waals surface area contributed by atoms with Crippen molar-refractivity contribution in [2.45, 2.75) is 32.6 Å². The Morgan fingerprint density at radius 3 is 2.65 bits per heavy atom. The molecule has 0 radical (unpaired) electrons. The first-order chi connectivity index (χ1) is 11.0. The molecule has 0 saturated carbocycles. The van der Waals surface area contributed by atoms with Gasteiger partial charge in [0.05, 0.1) is 5.56 Å². The number of aryl methyl sites for hydroxylation is 1. The van der Waals surface area contributed by atoms with E-state index >= 15 is 0 Å². The first kappa shape index (κ1) is 15.5. The fourth-order valence-electron chi connectivity index (χ4n) is 3.31. The quantitative estimate of drug-likeness (QED) is 0.869. The molecular formula is C20H20O3. The van der Waals surface area contributed by atoms with Crippen molar-refractivity contribution in [1.82, 2.24) is 0 Å². The van der Waals surface area contributed by atoms with Crippen molar-refractivity contribution in [3.8, 4) is 5.75 Å².